The molecule has 4 aromatic rings. The van der Waals surface area contributed by atoms with Crippen LogP contribution in [0, 0.1) is 6.92 Å². The van der Waals surface area contributed by atoms with Crippen LogP contribution in [0.1, 0.15) is 55.3 Å². The fourth-order valence-corrected chi connectivity index (χ4v) is 3.56. The molecular weight excluding hydrogens is 390 g/mol. The number of hydrogen-bond donors (Lipinski definition) is 3. The van der Waals surface area contributed by atoms with E-state index in [2.05, 4.69) is 48.9 Å². The molecule has 1 aliphatic carbocycles. The van der Waals surface area contributed by atoms with Crippen molar-refractivity contribution in [2.75, 3.05) is 10.6 Å². The molecule has 8 nitrogen and oxygen atoms in total. The molecule has 158 valence electrons. The number of hydrogen-bond acceptors (Lipinski definition) is 7. The van der Waals surface area contributed by atoms with E-state index in [0.29, 0.717) is 17.7 Å². The van der Waals surface area contributed by atoms with Crippen molar-refractivity contribution in [3.8, 4) is 11.3 Å². The van der Waals surface area contributed by atoms with Crippen molar-refractivity contribution in [2.24, 2.45) is 0 Å². The van der Waals surface area contributed by atoms with Crippen LogP contribution in [0.5, 0.6) is 0 Å². The first kappa shape index (κ1) is 19.3. The van der Waals surface area contributed by atoms with E-state index in [1.165, 1.54) is 18.5 Å². The highest BCUT2D eigenvalue weighted by Crippen LogP contribution is 2.39. The van der Waals surface area contributed by atoms with Crippen molar-refractivity contribution < 1.29 is 4.52 Å². The Labute approximate surface area is 180 Å². The number of nitrogens with one attached hydrogen (secondary N) is 3. The normalized spacial score (nSPS) is 14.4. The highest BCUT2D eigenvalue weighted by molar-refractivity contribution is 5.59. The zero-order chi connectivity index (χ0) is 21.2. The molecule has 1 atom stereocenters. The van der Waals surface area contributed by atoms with Gasteiger partial charge >= 0.3 is 0 Å². The number of H-pyrrole nitrogens is 1. The molecule has 1 unspecified atom stereocenters. The first-order valence-corrected chi connectivity index (χ1v) is 10.6. The lowest BCUT2D eigenvalue weighted by atomic mass is 10.1. The SMILES string of the molecule is CCC(Nc1nc(C)cc(Nc2cc(C3CC3)[nH]n2)n1)c1cc(-c2ccccc2)no1. The van der Waals surface area contributed by atoms with Crippen molar-refractivity contribution in [1.29, 1.82) is 0 Å². The predicted octanol–water partition coefficient (Wildman–Crippen LogP) is 5.35. The number of rotatable bonds is 8. The van der Waals surface area contributed by atoms with Gasteiger partial charge in [-0.1, -0.05) is 42.4 Å². The minimum atomic E-state index is -0.0912. The zero-order valence-corrected chi connectivity index (χ0v) is 17.6. The Morgan fingerprint density at radius 2 is 1.94 bits per heavy atom. The third-order valence-electron chi connectivity index (χ3n) is 5.38. The second-order valence-electron chi connectivity index (χ2n) is 7.91. The van der Waals surface area contributed by atoms with Crippen molar-refractivity contribution in [3.05, 3.63) is 65.7 Å². The molecule has 1 saturated carbocycles. The summed E-state index contributed by atoms with van der Waals surface area (Å²) in [5.74, 6) is 3.37. The Bertz CT molecular complexity index is 1160. The molecule has 3 aromatic heterocycles. The number of aryl methyl sites for hydroxylation is 1. The van der Waals surface area contributed by atoms with Gasteiger partial charge in [0.2, 0.25) is 5.95 Å². The fraction of sp³-hybridized carbons (Fsp3) is 0.304. The largest absolute Gasteiger partial charge is 0.359 e. The Morgan fingerprint density at radius 1 is 1.10 bits per heavy atom. The molecule has 31 heavy (non-hydrogen) atoms. The molecule has 3 heterocycles. The lowest BCUT2D eigenvalue weighted by Gasteiger charge is -2.15. The third kappa shape index (κ3) is 4.42. The van der Waals surface area contributed by atoms with Gasteiger partial charge in [0, 0.05) is 41.1 Å². The van der Waals surface area contributed by atoms with Crippen LogP contribution in [0.25, 0.3) is 11.3 Å². The minimum Gasteiger partial charge on any atom is -0.359 e. The van der Waals surface area contributed by atoms with Crippen molar-refractivity contribution in [3.63, 3.8) is 0 Å². The zero-order valence-electron chi connectivity index (χ0n) is 17.6. The van der Waals surface area contributed by atoms with Gasteiger partial charge in [0.1, 0.15) is 11.5 Å². The maximum absolute atomic E-state index is 5.63. The number of aromatic nitrogens is 5. The number of benzene rings is 1. The summed E-state index contributed by atoms with van der Waals surface area (Å²) in [6.45, 7) is 4.03. The van der Waals surface area contributed by atoms with Crippen molar-refractivity contribution >= 4 is 17.6 Å². The lowest BCUT2D eigenvalue weighted by molar-refractivity contribution is 0.367. The van der Waals surface area contributed by atoms with Gasteiger partial charge in [0.05, 0.1) is 6.04 Å². The van der Waals surface area contributed by atoms with E-state index in [0.717, 1.165) is 35.0 Å². The monoisotopic (exact) mass is 415 g/mol. The first-order valence-electron chi connectivity index (χ1n) is 10.6. The van der Waals surface area contributed by atoms with Crippen LogP contribution in [0.2, 0.25) is 0 Å². The summed E-state index contributed by atoms with van der Waals surface area (Å²) in [5.41, 5.74) is 3.87. The summed E-state index contributed by atoms with van der Waals surface area (Å²) >= 11 is 0. The second-order valence-corrected chi connectivity index (χ2v) is 7.91. The average Bonchev–Trinajstić information content (AvgIpc) is 3.32. The fourth-order valence-electron chi connectivity index (χ4n) is 3.56. The summed E-state index contributed by atoms with van der Waals surface area (Å²) in [4.78, 5) is 9.17. The summed E-state index contributed by atoms with van der Waals surface area (Å²) in [6.07, 6.45) is 3.26. The average molecular weight is 416 g/mol. The Morgan fingerprint density at radius 3 is 2.71 bits per heavy atom. The number of nitrogens with zero attached hydrogens (tertiary/aromatic N) is 4. The minimum absolute atomic E-state index is 0.0912. The van der Waals surface area contributed by atoms with Gasteiger partial charge in [-0.3, -0.25) is 5.10 Å². The van der Waals surface area contributed by atoms with Crippen molar-refractivity contribution in [1.82, 2.24) is 25.3 Å². The van der Waals surface area contributed by atoms with Gasteiger partial charge in [0.15, 0.2) is 11.6 Å². The third-order valence-corrected chi connectivity index (χ3v) is 5.38. The van der Waals surface area contributed by atoms with Gasteiger partial charge in [-0.2, -0.15) is 10.1 Å². The lowest BCUT2D eigenvalue weighted by Crippen LogP contribution is -2.12. The standard InChI is InChI=1S/C23H25N7O/c1-3-17(20-12-19(30-31-20)15-7-5-4-6-8-15)25-23-24-14(2)11-21(27-23)26-22-13-18(28-29-22)16-9-10-16/h4-8,11-13,16-17H,3,9-10H2,1-2H3,(H3,24,25,26,27,28,29). The van der Waals surface area contributed by atoms with E-state index in [4.69, 9.17) is 4.52 Å². The topological polar surface area (TPSA) is 105 Å². The quantitative estimate of drug-likeness (QED) is 0.356. The molecule has 0 radical (unpaired) electrons. The summed E-state index contributed by atoms with van der Waals surface area (Å²) in [5, 5.41) is 18.3. The van der Waals surface area contributed by atoms with E-state index < -0.39 is 0 Å². The van der Waals surface area contributed by atoms with Crippen LogP contribution in [0.15, 0.2) is 53.1 Å². The van der Waals surface area contributed by atoms with Crippen LogP contribution in [-0.4, -0.2) is 25.3 Å². The molecule has 1 aliphatic rings. The van der Waals surface area contributed by atoms with Crippen molar-refractivity contribution in [2.45, 2.75) is 45.1 Å². The van der Waals surface area contributed by atoms with Crippen LogP contribution >= 0.6 is 0 Å². The maximum Gasteiger partial charge on any atom is 0.225 e. The molecule has 0 spiro atoms. The molecule has 1 fully saturated rings. The molecule has 5 rings (SSSR count). The highest BCUT2D eigenvalue weighted by Gasteiger charge is 2.25. The van der Waals surface area contributed by atoms with Crippen LogP contribution in [0.3, 0.4) is 0 Å². The first-order chi connectivity index (χ1) is 15.2. The second kappa shape index (κ2) is 8.22. The smallest absolute Gasteiger partial charge is 0.225 e. The van der Waals surface area contributed by atoms with Gasteiger partial charge in [-0.25, -0.2) is 4.98 Å². The van der Waals surface area contributed by atoms with E-state index in [1.54, 1.807) is 0 Å². The van der Waals surface area contributed by atoms with Crippen LogP contribution in [0.4, 0.5) is 17.6 Å². The molecule has 0 amide bonds. The summed E-state index contributed by atoms with van der Waals surface area (Å²) < 4.78 is 5.63. The van der Waals surface area contributed by atoms with Gasteiger partial charge in [-0.05, 0) is 26.2 Å². The van der Waals surface area contributed by atoms with Gasteiger partial charge < -0.3 is 15.2 Å². The molecule has 1 aromatic carbocycles. The maximum atomic E-state index is 5.63. The molecular formula is C23H25N7O. The molecule has 0 saturated heterocycles. The molecule has 0 aliphatic heterocycles. The Hall–Kier alpha value is -3.68. The Kier molecular flexibility index (Phi) is 5.11. The Balaban J connectivity index is 1.32. The number of aromatic amines is 1. The summed E-state index contributed by atoms with van der Waals surface area (Å²) in [7, 11) is 0. The molecule has 8 heteroatoms. The highest BCUT2D eigenvalue weighted by atomic mass is 16.5. The van der Waals surface area contributed by atoms with Crippen LogP contribution < -0.4 is 10.6 Å². The van der Waals surface area contributed by atoms with Gasteiger partial charge in [0.25, 0.3) is 0 Å². The van der Waals surface area contributed by atoms with Crippen LogP contribution in [-0.2, 0) is 0 Å². The van der Waals surface area contributed by atoms with E-state index in [9.17, 15) is 0 Å². The van der Waals surface area contributed by atoms with Gasteiger partial charge in [-0.15, -0.1) is 0 Å². The predicted molar refractivity (Wildman–Crippen MR) is 119 cm³/mol. The number of anilines is 3. The van der Waals surface area contributed by atoms with E-state index in [1.807, 2.05) is 49.4 Å². The summed E-state index contributed by atoms with van der Waals surface area (Å²) in [6, 6.07) is 15.8. The molecule has 3 N–H and O–H groups in total. The van der Waals surface area contributed by atoms with E-state index in [-0.39, 0.29) is 6.04 Å². The molecule has 0 bridgehead atoms. The van der Waals surface area contributed by atoms with E-state index >= 15 is 0 Å².